The van der Waals surface area contributed by atoms with Crippen molar-refractivity contribution in [2.75, 3.05) is 0 Å². The van der Waals surface area contributed by atoms with E-state index in [1.807, 2.05) is 65.2 Å². The molecule has 1 N–H and O–H groups in total. The molecular formula is C18H12N2O2. The third kappa shape index (κ3) is 1.85. The zero-order chi connectivity index (χ0) is 15.1. The number of amides is 2. The number of rotatable bonds is 2. The summed E-state index contributed by atoms with van der Waals surface area (Å²) in [6, 6.07) is 19.6. The molecule has 1 aliphatic rings. The van der Waals surface area contributed by atoms with Crippen LogP contribution in [0.25, 0.3) is 22.2 Å². The van der Waals surface area contributed by atoms with E-state index in [-0.39, 0.29) is 11.8 Å². The van der Waals surface area contributed by atoms with Gasteiger partial charge in [-0.05, 0) is 24.3 Å². The van der Waals surface area contributed by atoms with Crippen molar-refractivity contribution in [1.29, 1.82) is 0 Å². The Morgan fingerprint density at radius 2 is 1.59 bits per heavy atom. The predicted octanol–water partition coefficient (Wildman–Crippen LogP) is 2.67. The molecule has 1 aromatic heterocycles. The largest absolute Gasteiger partial charge is 0.309 e. The van der Waals surface area contributed by atoms with E-state index in [9.17, 15) is 9.59 Å². The van der Waals surface area contributed by atoms with Gasteiger partial charge in [0.2, 0.25) is 0 Å². The van der Waals surface area contributed by atoms with Crippen molar-refractivity contribution in [1.82, 2.24) is 9.88 Å². The average molecular weight is 288 g/mol. The van der Waals surface area contributed by atoms with Crippen LogP contribution < -0.4 is 5.32 Å². The summed E-state index contributed by atoms with van der Waals surface area (Å²) in [5, 5.41) is 3.33. The fraction of sp³-hybridized carbons (Fsp3) is 0. The summed E-state index contributed by atoms with van der Waals surface area (Å²) < 4.78 is 2.00. The number of fused-ring (bicyclic) bond motifs is 1. The normalized spacial score (nSPS) is 14.3. The quantitative estimate of drug-likeness (QED) is 0.737. The van der Waals surface area contributed by atoms with Crippen molar-refractivity contribution in [3.8, 4) is 5.69 Å². The van der Waals surface area contributed by atoms with E-state index < -0.39 is 0 Å². The third-order valence-electron chi connectivity index (χ3n) is 3.76. The molecule has 2 amide bonds. The van der Waals surface area contributed by atoms with Gasteiger partial charge in [0.05, 0.1) is 16.8 Å². The summed E-state index contributed by atoms with van der Waals surface area (Å²) in [6.07, 6.45) is 1.36. The molecule has 2 heterocycles. The summed E-state index contributed by atoms with van der Waals surface area (Å²) in [5.74, 6) is -0.727. The van der Waals surface area contributed by atoms with E-state index in [1.165, 1.54) is 6.08 Å². The number of carbonyl (C=O) groups is 2. The highest BCUT2D eigenvalue weighted by Crippen LogP contribution is 2.30. The Hall–Kier alpha value is -3.14. The molecule has 4 heteroatoms. The Balaban J connectivity index is 2.05. The number of para-hydroxylation sites is 2. The molecule has 0 saturated heterocycles. The molecule has 0 atom stereocenters. The van der Waals surface area contributed by atoms with Gasteiger partial charge in [-0.2, -0.15) is 0 Å². The molecular weight excluding hydrogens is 276 g/mol. The van der Waals surface area contributed by atoms with Gasteiger partial charge in [-0.3, -0.25) is 14.9 Å². The molecule has 0 unspecified atom stereocenters. The Bertz CT molecular complexity index is 936. The lowest BCUT2D eigenvalue weighted by atomic mass is 10.1. The minimum Gasteiger partial charge on any atom is -0.309 e. The number of benzene rings is 2. The molecule has 0 radical (unpaired) electrons. The molecule has 0 fully saturated rings. The zero-order valence-electron chi connectivity index (χ0n) is 11.6. The Morgan fingerprint density at radius 3 is 2.32 bits per heavy atom. The van der Waals surface area contributed by atoms with Crippen LogP contribution in [0.1, 0.15) is 5.69 Å². The number of hydrogen-bond acceptors (Lipinski definition) is 2. The molecule has 0 aliphatic carbocycles. The SMILES string of the molecule is O=C1C=C(c2cc3ccccc3n2-c2ccccc2)C(=O)N1. The first-order valence-corrected chi connectivity index (χ1v) is 6.97. The summed E-state index contributed by atoms with van der Waals surface area (Å²) in [4.78, 5) is 23.5. The maximum Gasteiger partial charge on any atom is 0.260 e. The highest BCUT2D eigenvalue weighted by atomic mass is 16.2. The van der Waals surface area contributed by atoms with Gasteiger partial charge in [-0.1, -0.05) is 36.4 Å². The first kappa shape index (κ1) is 12.6. The van der Waals surface area contributed by atoms with Crippen molar-refractivity contribution in [3.63, 3.8) is 0 Å². The smallest absolute Gasteiger partial charge is 0.260 e. The van der Waals surface area contributed by atoms with Gasteiger partial charge in [0.1, 0.15) is 0 Å². The number of nitrogens with zero attached hydrogens (tertiary/aromatic N) is 1. The molecule has 3 aromatic rings. The van der Waals surface area contributed by atoms with Crippen LogP contribution in [0.15, 0.2) is 66.7 Å². The van der Waals surface area contributed by atoms with E-state index in [1.54, 1.807) is 0 Å². The molecule has 0 saturated carbocycles. The monoisotopic (exact) mass is 288 g/mol. The summed E-state index contributed by atoms with van der Waals surface area (Å²) in [5.41, 5.74) is 3.06. The van der Waals surface area contributed by atoms with Crippen LogP contribution in [0.4, 0.5) is 0 Å². The van der Waals surface area contributed by atoms with Crippen molar-refractivity contribution < 1.29 is 9.59 Å². The molecule has 106 valence electrons. The number of hydrogen-bond donors (Lipinski definition) is 1. The van der Waals surface area contributed by atoms with Gasteiger partial charge in [-0.25, -0.2) is 0 Å². The van der Waals surface area contributed by atoms with Gasteiger partial charge in [0, 0.05) is 17.1 Å². The second-order valence-corrected chi connectivity index (χ2v) is 5.14. The molecule has 22 heavy (non-hydrogen) atoms. The van der Waals surface area contributed by atoms with Crippen LogP contribution in [-0.4, -0.2) is 16.4 Å². The summed E-state index contributed by atoms with van der Waals surface area (Å²) in [7, 11) is 0. The fourth-order valence-corrected chi connectivity index (χ4v) is 2.81. The van der Waals surface area contributed by atoms with Crippen LogP contribution in [0, 0.1) is 0 Å². The molecule has 4 nitrogen and oxygen atoms in total. The molecule has 0 spiro atoms. The van der Waals surface area contributed by atoms with Gasteiger partial charge in [0.25, 0.3) is 11.8 Å². The van der Waals surface area contributed by atoms with Gasteiger partial charge in [0.15, 0.2) is 0 Å². The van der Waals surface area contributed by atoms with Crippen LogP contribution in [0.2, 0.25) is 0 Å². The molecule has 1 aliphatic heterocycles. The molecule has 0 bridgehead atoms. The lowest BCUT2D eigenvalue weighted by molar-refractivity contribution is -0.123. The van der Waals surface area contributed by atoms with Gasteiger partial charge in [-0.15, -0.1) is 0 Å². The van der Waals surface area contributed by atoms with Gasteiger partial charge >= 0.3 is 0 Å². The molecule has 2 aromatic carbocycles. The van der Waals surface area contributed by atoms with Crippen molar-refractivity contribution >= 4 is 28.3 Å². The second-order valence-electron chi connectivity index (χ2n) is 5.14. The van der Waals surface area contributed by atoms with Crippen molar-refractivity contribution in [2.45, 2.75) is 0 Å². The average Bonchev–Trinajstić information content (AvgIpc) is 3.07. The van der Waals surface area contributed by atoms with E-state index in [0.29, 0.717) is 5.57 Å². The third-order valence-corrected chi connectivity index (χ3v) is 3.76. The number of imide groups is 1. The van der Waals surface area contributed by atoms with Gasteiger partial charge < -0.3 is 4.57 Å². The highest BCUT2D eigenvalue weighted by Gasteiger charge is 2.26. The summed E-state index contributed by atoms with van der Waals surface area (Å²) in [6.45, 7) is 0. The standard InChI is InChI=1S/C18H12N2O2/c21-17-11-14(18(22)19-17)16-10-12-6-4-5-9-15(12)20(16)13-7-2-1-3-8-13/h1-11H,(H,19,21,22). The topological polar surface area (TPSA) is 51.1 Å². The van der Waals surface area contributed by atoms with Crippen LogP contribution in [-0.2, 0) is 9.59 Å². The maximum atomic E-state index is 12.0. The van der Waals surface area contributed by atoms with E-state index in [4.69, 9.17) is 0 Å². The maximum absolute atomic E-state index is 12.0. The Labute approximate surface area is 126 Å². The Kier molecular flexibility index (Phi) is 2.69. The summed E-state index contributed by atoms with van der Waals surface area (Å²) >= 11 is 0. The minimum atomic E-state index is -0.370. The van der Waals surface area contributed by atoms with Crippen molar-refractivity contribution in [3.05, 3.63) is 72.4 Å². The van der Waals surface area contributed by atoms with Crippen LogP contribution >= 0.6 is 0 Å². The van der Waals surface area contributed by atoms with E-state index in [2.05, 4.69) is 5.32 Å². The van der Waals surface area contributed by atoms with Crippen LogP contribution in [0.3, 0.4) is 0 Å². The Morgan fingerprint density at radius 1 is 0.864 bits per heavy atom. The molecule has 4 rings (SSSR count). The lowest BCUT2D eigenvalue weighted by Crippen LogP contribution is -2.22. The lowest BCUT2D eigenvalue weighted by Gasteiger charge is -2.10. The number of carbonyl (C=O) groups excluding carboxylic acids is 2. The highest BCUT2D eigenvalue weighted by molar-refractivity contribution is 6.33. The zero-order valence-corrected chi connectivity index (χ0v) is 11.6. The fourth-order valence-electron chi connectivity index (χ4n) is 2.81. The first-order chi connectivity index (χ1) is 10.7. The number of aromatic nitrogens is 1. The second kappa shape index (κ2) is 4.70. The number of nitrogens with one attached hydrogen (secondary N) is 1. The van der Waals surface area contributed by atoms with E-state index in [0.717, 1.165) is 22.3 Å². The van der Waals surface area contributed by atoms with Crippen LogP contribution in [0.5, 0.6) is 0 Å². The first-order valence-electron chi connectivity index (χ1n) is 6.97. The minimum absolute atomic E-state index is 0.356. The predicted molar refractivity (Wildman–Crippen MR) is 84.4 cm³/mol. The van der Waals surface area contributed by atoms with Crippen molar-refractivity contribution in [2.24, 2.45) is 0 Å². The van der Waals surface area contributed by atoms with E-state index >= 15 is 0 Å².